The second-order valence-electron chi connectivity index (χ2n) is 12.1. The number of rotatable bonds is 10. The van der Waals surface area contributed by atoms with Crippen LogP contribution in [-0.4, -0.2) is 13.2 Å². The molecule has 3 unspecified atom stereocenters. The lowest BCUT2D eigenvalue weighted by Gasteiger charge is -2.37. The van der Waals surface area contributed by atoms with E-state index in [2.05, 4.69) is 146 Å². The Kier molecular flexibility index (Phi) is 9.54. The van der Waals surface area contributed by atoms with Gasteiger partial charge in [0.25, 0.3) is 0 Å². The van der Waals surface area contributed by atoms with Gasteiger partial charge in [0.05, 0.1) is 18.6 Å². The van der Waals surface area contributed by atoms with E-state index in [1.54, 1.807) is 0 Å². The molecule has 220 valence electrons. The zero-order chi connectivity index (χ0) is 30.0. The third-order valence-corrected chi connectivity index (χ3v) is 9.92. The third kappa shape index (κ3) is 5.82. The van der Waals surface area contributed by atoms with E-state index < -0.39 is 5.41 Å². The van der Waals surface area contributed by atoms with Crippen LogP contribution in [0.5, 0.6) is 11.5 Å². The van der Waals surface area contributed by atoms with Crippen molar-refractivity contribution in [3.05, 3.63) is 121 Å². The van der Waals surface area contributed by atoms with Gasteiger partial charge in [-0.05, 0) is 101 Å². The van der Waals surface area contributed by atoms with Crippen LogP contribution < -0.4 is 9.47 Å². The first-order valence-electron chi connectivity index (χ1n) is 15.2. The molecule has 0 aliphatic heterocycles. The zero-order valence-corrected chi connectivity index (χ0v) is 28.9. The predicted octanol–water partition coefficient (Wildman–Crippen LogP) is 11.3. The number of benzene rings is 3. The van der Waals surface area contributed by atoms with Crippen LogP contribution in [0.25, 0.3) is 5.57 Å². The molecule has 0 saturated heterocycles. The minimum atomic E-state index is -0.528. The summed E-state index contributed by atoms with van der Waals surface area (Å²) in [4.78, 5) is 0. The van der Waals surface area contributed by atoms with E-state index in [-0.39, 0.29) is 0 Å². The predicted molar refractivity (Wildman–Crippen MR) is 184 cm³/mol. The van der Waals surface area contributed by atoms with Gasteiger partial charge in [0, 0.05) is 8.96 Å². The fourth-order valence-electron chi connectivity index (χ4n) is 6.07. The van der Waals surface area contributed by atoms with E-state index in [9.17, 15) is 0 Å². The minimum absolute atomic E-state index is 0.452. The van der Waals surface area contributed by atoms with Crippen molar-refractivity contribution in [1.82, 2.24) is 0 Å². The molecule has 0 spiro atoms. The van der Waals surface area contributed by atoms with Crippen LogP contribution in [-0.2, 0) is 5.41 Å². The fourth-order valence-corrected chi connectivity index (χ4v) is 6.84. The summed E-state index contributed by atoms with van der Waals surface area (Å²) in [5, 5.41) is 0. The van der Waals surface area contributed by atoms with Gasteiger partial charge in [0.15, 0.2) is 11.5 Å². The molecule has 0 amide bonds. The maximum absolute atomic E-state index is 6.60. The van der Waals surface area contributed by atoms with Crippen LogP contribution in [0.3, 0.4) is 0 Å². The Labute approximate surface area is 269 Å². The molecule has 3 atom stereocenters. The molecule has 42 heavy (non-hydrogen) atoms. The molecular formula is C38H42Br2O2. The summed E-state index contributed by atoms with van der Waals surface area (Å²) >= 11 is 7.70. The lowest BCUT2D eigenvalue weighted by atomic mass is 9.65. The highest BCUT2D eigenvalue weighted by Crippen LogP contribution is 2.58. The molecular weight excluding hydrogens is 648 g/mol. The number of halogens is 2. The van der Waals surface area contributed by atoms with Gasteiger partial charge in [-0.2, -0.15) is 0 Å². The molecule has 0 N–H and O–H groups in total. The second-order valence-corrected chi connectivity index (χ2v) is 13.9. The second kappa shape index (κ2) is 13.0. The molecule has 2 nitrogen and oxygen atoms in total. The third-order valence-electron chi connectivity index (χ3n) is 8.94. The summed E-state index contributed by atoms with van der Waals surface area (Å²) in [5.74, 6) is 2.56. The first-order valence-corrected chi connectivity index (χ1v) is 16.8. The van der Waals surface area contributed by atoms with Crippen molar-refractivity contribution >= 4 is 37.4 Å². The van der Waals surface area contributed by atoms with E-state index in [4.69, 9.17) is 9.47 Å². The van der Waals surface area contributed by atoms with E-state index in [1.807, 2.05) is 0 Å². The fraction of sp³-hybridized carbons (Fsp3) is 0.368. The van der Waals surface area contributed by atoms with Crippen LogP contribution in [0.15, 0.2) is 87.4 Å². The number of allylic oxidation sites excluding steroid dienone is 6. The van der Waals surface area contributed by atoms with Crippen molar-refractivity contribution in [3.63, 3.8) is 0 Å². The Morgan fingerprint density at radius 2 is 1.52 bits per heavy atom. The highest BCUT2D eigenvalue weighted by Gasteiger charge is 2.48. The average molecular weight is 691 g/mol. The Hall–Kier alpha value is -2.56. The van der Waals surface area contributed by atoms with E-state index in [1.165, 1.54) is 44.5 Å². The molecule has 0 heterocycles. The summed E-state index contributed by atoms with van der Waals surface area (Å²) in [6.45, 7) is 14.6. The zero-order valence-electron chi connectivity index (χ0n) is 25.7. The summed E-state index contributed by atoms with van der Waals surface area (Å²) < 4.78 is 15.2. The molecule has 2 aliphatic carbocycles. The average Bonchev–Trinajstić information content (AvgIpc) is 3.09. The molecule has 0 fully saturated rings. The van der Waals surface area contributed by atoms with Gasteiger partial charge in [-0.15, -0.1) is 0 Å². The van der Waals surface area contributed by atoms with Crippen LogP contribution >= 0.6 is 31.9 Å². The van der Waals surface area contributed by atoms with Crippen molar-refractivity contribution in [2.45, 2.75) is 66.2 Å². The van der Waals surface area contributed by atoms with Gasteiger partial charge in [0.2, 0.25) is 0 Å². The Bertz CT molecular complexity index is 1560. The highest BCUT2D eigenvalue weighted by molar-refractivity contribution is 9.12. The number of fused-ring (bicyclic) bond motifs is 2. The summed E-state index contributed by atoms with van der Waals surface area (Å²) in [6.07, 6.45) is 9.79. The van der Waals surface area contributed by atoms with Gasteiger partial charge in [-0.3, -0.25) is 0 Å². The van der Waals surface area contributed by atoms with Gasteiger partial charge in [0.1, 0.15) is 0 Å². The first kappa shape index (κ1) is 30.9. The van der Waals surface area contributed by atoms with Gasteiger partial charge in [-0.1, -0.05) is 120 Å². The van der Waals surface area contributed by atoms with Crippen LogP contribution in [0.1, 0.15) is 80.3 Å². The quantitative estimate of drug-likeness (QED) is 0.211. The number of hydrogen-bond acceptors (Lipinski definition) is 2. The largest absolute Gasteiger partial charge is 0.489 e. The molecule has 0 bridgehead atoms. The maximum Gasteiger partial charge on any atom is 0.161 e. The van der Waals surface area contributed by atoms with Gasteiger partial charge >= 0.3 is 0 Å². The standard InChI is InChI=1S/C38H42Br2O2/c1-7-24(3)22-41-36-17-14-28(19-37(36)42-23-25(4)8-2)38(33-18-26(5)12-13-27(33)6)34-20-29(39)10-9-11-31(34)32-16-15-30(40)21-35(32)38/h9-10,12-21,24-25H,7-8,11,22-23H2,1-6H3. The lowest BCUT2D eigenvalue weighted by Crippen LogP contribution is -2.31. The van der Waals surface area contributed by atoms with E-state index in [0.717, 1.165) is 39.7 Å². The minimum Gasteiger partial charge on any atom is -0.489 e. The monoisotopic (exact) mass is 688 g/mol. The van der Waals surface area contributed by atoms with Gasteiger partial charge in [-0.25, -0.2) is 0 Å². The molecule has 0 aromatic heterocycles. The molecule has 2 aliphatic rings. The van der Waals surface area contributed by atoms with Crippen molar-refractivity contribution in [1.29, 1.82) is 0 Å². The van der Waals surface area contributed by atoms with Crippen molar-refractivity contribution in [2.75, 3.05) is 13.2 Å². The number of aryl methyl sites for hydroxylation is 2. The molecule has 3 aromatic rings. The molecule has 3 aromatic carbocycles. The van der Waals surface area contributed by atoms with Crippen molar-refractivity contribution < 1.29 is 9.47 Å². The molecule has 0 radical (unpaired) electrons. The SMILES string of the molecule is CCC(C)COc1ccc(C2(c3cc(C)ccc3C)C3=C(CC=CC(Br)=C3)c3ccc(Br)cc32)cc1OCC(C)CC. The smallest absolute Gasteiger partial charge is 0.161 e. The summed E-state index contributed by atoms with van der Waals surface area (Å²) in [6, 6.07) is 20.3. The summed E-state index contributed by atoms with van der Waals surface area (Å²) in [5.41, 5.74) is 9.74. The topological polar surface area (TPSA) is 18.5 Å². The van der Waals surface area contributed by atoms with E-state index in [0.29, 0.717) is 25.0 Å². The highest BCUT2D eigenvalue weighted by atomic mass is 79.9. The van der Waals surface area contributed by atoms with Crippen LogP contribution in [0.2, 0.25) is 0 Å². The lowest BCUT2D eigenvalue weighted by molar-refractivity contribution is 0.217. The molecule has 0 saturated carbocycles. The number of hydrogen-bond donors (Lipinski definition) is 0. The van der Waals surface area contributed by atoms with Crippen molar-refractivity contribution in [3.8, 4) is 11.5 Å². The van der Waals surface area contributed by atoms with Crippen molar-refractivity contribution in [2.24, 2.45) is 11.8 Å². The number of ether oxygens (including phenoxy) is 2. The maximum atomic E-state index is 6.60. The summed E-state index contributed by atoms with van der Waals surface area (Å²) in [7, 11) is 0. The Balaban J connectivity index is 1.82. The van der Waals surface area contributed by atoms with Gasteiger partial charge < -0.3 is 9.47 Å². The first-order chi connectivity index (χ1) is 20.2. The van der Waals surface area contributed by atoms with Crippen LogP contribution in [0.4, 0.5) is 0 Å². The molecule has 5 rings (SSSR count). The van der Waals surface area contributed by atoms with E-state index >= 15 is 0 Å². The Morgan fingerprint density at radius 1 is 0.810 bits per heavy atom. The normalized spacial score (nSPS) is 19.1. The molecule has 4 heteroatoms. The Morgan fingerprint density at radius 3 is 2.24 bits per heavy atom. The van der Waals surface area contributed by atoms with Crippen LogP contribution in [0, 0.1) is 25.7 Å².